The Morgan fingerprint density at radius 2 is 1.60 bits per heavy atom. The van der Waals surface area contributed by atoms with Crippen molar-refractivity contribution in [3.8, 4) is 0 Å². The molecule has 184 valence electrons. The highest BCUT2D eigenvalue weighted by Crippen LogP contribution is 2.27. The number of benzene rings is 2. The van der Waals surface area contributed by atoms with E-state index in [0.717, 1.165) is 5.56 Å². The molecule has 2 aromatic carbocycles. The molecule has 35 heavy (non-hydrogen) atoms. The number of carbonyl (C=O) groups is 3. The molecular weight excluding hydrogens is 447 g/mol. The topological polar surface area (TPSA) is 68.6 Å². The average molecular weight is 479 g/mol. The number of ether oxygens (including phenoxy) is 1. The monoisotopic (exact) mass is 478 g/mol. The second-order valence-corrected chi connectivity index (χ2v) is 8.64. The highest BCUT2D eigenvalue weighted by atomic mass is 19.1. The maximum atomic E-state index is 13.8. The molecule has 0 spiro atoms. The van der Waals surface area contributed by atoms with E-state index < -0.39 is 12.0 Å². The number of aryl methyl sites for hydroxylation is 1. The molecule has 0 fully saturated rings. The van der Waals surface area contributed by atoms with Gasteiger partial charge in [-0.1, -0.05) is 29.8 Å². The number of nitrogens with zero attached hydrogens (tertiary/aromatic N) is 2. The van der Waals surface area contributed by atoms with Gasteiger partial charge in [0.15, 0.2) is 5.78 Å². The lowest BCUT2D eigenvalue weighted by molar-refractivity contribution is 0.0586. The lowest BCUT2D eigenvalue weighted by atomic mass is 9.98. The van der Waals surface area contributed by atoms with E-state index in [2.05, 4.69) is 0 Å². The van der Waals surface area contributed by atoms with Crippen molar-refractivity contribution in [1.29, 1.82) is 0 Å². The van der Waals surface area contributed by atoms with Crippen molar-refractivity contribution < 1.29 is 23.5 Å². The maximum absolute atomic E-state index is 13.8. The van der Waals surface area contributed by atoms with Crippen molar-refractivity contribution in [2.45, 2.75) is 53.8 Å². The van der Waals surface area contributed by atoms with Crippen molar-refractivity contribution in [2.24, 2.45) is 0 Å². The largest absolute Gasteiger partial charge is 0.464 e. The van der Waals surface area contributed by atoms with Crippen LogP contribution in [0.2, 0.25) is 0 Å². The molecule has 0 saturated heterocycles. The molecule has 0 aliphatic heterocycles. The van der Waals surface area contributed by atoms with Gasteiger partial charge < -0.3 is 14.2 Å². The molecular formula is C28H31FN2O4. The van der Waals surface area contributed by atoms with Crippen LogP contribution in [0.25, 0.3) is 0 Å². The molecule has 1 atom stereocenters. The van der Waals surface area contributed by atoms with Crippen molar-refractivity contribution in [2.75, 3.05) is 7.11 Å². The third-order valence-electron chi connectivity index (χ3n) is 6.38. The van der Waals surface area contributed by atoms with E-state index in [1.54, 1.807) is 49.6 Å². The van der Waals surface area contributed by atoms with Crippen LogP contribution in [0.3, 0.4) is 0 Å². The van der Waals surface area contributed by atoms with Crippen LogP contribution in [-0.4, -0.2) is 40.3 Å². The number of carbonyl (C=O) groups excluding carboxylic acids is 3. The van der Waals surface area contributed by atoms with Gasteiger partial charge in [0.25, 0.3) is 5.91 Å². The molecule has 0 radical (unpaired) electrons. The summed E-state index contributed by atoms with van der Waals surface area (Å²) in [5.41, 5.74) is 4.06. The lowest BCUT2D eigenvalue weighted by Crippen LogP contribution is -2.43. The maximum Gasteiger partial charge on any atom is 0.354 e. The van der Waals surface area contributed by atoms with Gasteiger partial charge in [0.2, 0.25) is 0 Å². The van der Waals surface area contributed by atoms with E-state index in [1.807, 2.05) is 26.0 Å². The number of hydrogen-bond donors (Lipinski definition) is 0. The summed E-state index contributed by atoms with van der Waals surface area (Å²) in [6.07, 6.45) is 0. The van der Waals surface area contributed by atoms with Gasteiger partial charge in [-0.2, -0.15) is 0 Å². The normalized spacial score (nSPS) is 11.7. The van der Waals surface area contributed by atoms with Crippen molar-refractivity contribution in [3.63, 3.8) is 0 Å². The highest BCUT2D eigenvalue weighted by Gasteiger charge is 2.33. The predicted octanol–water partition coefficient (Wildman–Crippen LogP) is 5.27. The standard InChI is InChI=1S/C28H31FN2O4/c1-7-30-19(4)24(18(3)25(30)28(34)35-6)26(32)20(5)31(16-21-10-14-23(29)15-11-21)27(33)22-12-8-17(2)9-13-22/h8-15,20H,7,16H2,1-6H3/t20-/m0/s1. The Labute approximate surface area is 205 Å². The van der Waals surface area contributed by atoms with Gasteiger partial charge in [-0.25, -0.2) is 9.18 Å². The number of aromatic nitrogens is 1. The van der Waals surface area contributed by atoms with Gasteiger partial charge in [-0.15, -0.1) is 0 Å². The number of esters is 1. The Morgan fingerprint density at radius 1 is 1.00 bits per heavy atom. The molecule has 0 aliphatic carbocycles. The van der Waals surface area contributed by atoms with Gasteiger partial charge in [0.05, 0.1) is 13.2 Å². The Morgan fingerprint density at radius 3 is 2.14 bits per heavy atom. The van der Waals surface area contributed by atoms with Crippen LogP contribution in [0.4, 0.5) is 4.39 Å². The zero-order chi connectivity index (χ0) is 25.9. The Kier molecular flexibility index (Phi) is 7.89. The summed E-state index contributed by atoms with van der Waals surface area (Å²) in [6, 6.07) is 12.1. The van der Waals surface area contributed by atoms with Gasteiger partial charge in [-0.3, -0.25) is 9.59 Å². The minimum Gasteiger partial charge on any atom is -0.464 e. The quantitative estimate of drug-likeness (QED) is 0.327. The van der Waals surface area contributed by atoms with Crippen LogP contribution in [0, 0.1) is 26.6 Å². The molecule has 1 amide bonds. The number of rotatable bonds is 8. The highest BCUT2D eigenvalue weighted by molar-refractivity contribution is 6.07. The first-order valence-corrected chi connectivity index (χ1v) is 11.5. The Hall–Kier alpha value is -3.74. The fourth-order valence-corrected chi connectivity index (χ4v) is 4.40. The van der Waals surface area contributed by atoms with Crippen molar-refractivity contribution >= 4 is 17.7 Å². The first-order valence-electron chi connectivity index (χ1n) is 11.5. The smallest absolute Gasteiger partial charge is 0.354 e. The molecule has 3 aromatic rings. The number of halogens is 1. The van der Waals surface area contributed by atoms with Crippen molar-refractivity contribution in [3.05, 3.63) is 93.6 Å². The minimum absolute atomic E-state index is 0.121. The number of hydrogen-bond acceptors (Lipinski definition) is 4. The molecule has 0 aliphatic rings. The molecule has 1 aromatic heterocycles. The molecule has 1 heterocycles. The second-order valence-electron chi connectivity index (χ2n) is 8.64. The third-order valence-corrected chi connectivity index (χ3v) is 6.38. The summed E-state index contributed by atoms with van der Waals surface area (Å²) in [7, 11) is 1.30. The molecule has 0 N–H and O–H groups in total. The summed E-state index contributed by atoms with van der Waals surface area (Å²) in [6.45, 7) is 9.61. The molecule has 7 heteroatoms. The van der Waals surface area contributed by atoms with E-state index in [0.29, 0.717) is 40.2 Å². The number of amides is 1. The number of methoxy groups -OCH3 is 1. The fourth-order valence-electron chi connectivity index (χ4n) is 4.40. The summed E-state index contributed by atoms with van der Waals surface area (Å²) in [4.78, 5) is 41.3. The van der Waals surface area contributed by atoms with Gasteiger partial charge in [-0.05, 0) is 70.0 Å². The van der Waals surface area contributed by atoms with Gasteiger partial charge in [0, 0.05) is 29.9 Å². The molecule has 0 saturated carbocycles. The molecule has 0 unspecified atom stereocenters. The van der Waals surface area contributed by atoms with E-state index in [1.165, 1.54) is 24.1 Å². The van der Waals surface area contributed by atoms with Crippen molar-refractivity contribution in [1.82, 2.24) is 9.47 Å². The van der Waals surface area contributed by atoms with Crippen LogP contribution in [0.1, 0.15) is 67.4 Å². The number of Topliss-reactive ketones (excluding diaryl/α,β-unsaturated/α-hetero) is 1. The first-order chi connectivity index (χ1) is 16.6. The zero-order valence-electron chi connectivity index (χ0n) is 21.0. The number of ketones is 1. The van der Waals surface area contributed by atoms with E-state index in [4.69, 9.17) is 4.74 Å². The SMILES string of the molecule is CCn1c(C)c(C(=O)[C@H](C)N(Cc2ccc(F)cc2)C(=O)c2ccc(C)cc2)c(C)c1C(=O)OC. The van der Waals surface area contributed by atoms with Crippen LogP contribution in [0.15, 0.2) is 48.5 Å². The Bertz CT molecular complexity index is 1240. The van der Waals surface area contributed by atoms with E-state index >= 15 is 0 Å². The molecule has 3 rings (SSSR count). The van der Waals surface area contributed by atoms with Gasteiger partial charge in [0.1, 0.15) is 11.5 Å². The van der Waals surface area contributed by atoms with Crippen LogP contribution in [0.5, 0.6) is 0 Å². The zero-order valence-corrected chi connectivity index (χ0v) is 21.0. The van der Waals surface area contributed by atoms with Crippen LogP contribution < -0.4 is 0 Å². The minimum atomic E-state index is -0.843. The summed E-state index contributed by atoms with van der Waals surface area (Å²) in [5.74, 6) is -1.48. The van der Waals surface area contributed by atoms with E-state index in [9.17, 15) is 18.8 Å². The second kappa shape index (κ2) is 10.7. The fraction of sp³-hybridized carbons (Fsp3) is 0.321. The average Bonchev–Trinajstić information content (AvgIpc) is 3.11. The predicted molar refractivity (Wildman–Crippen MR) is 132 cm³/mol. The lowest BCUT2D eigenvalue weighted by Gasteiger charge is -2.29. The summed E-state index contributed by atoms with van der Waals surface area (Å²) in [5, 5.41) is 0. The molecule has 6 nitrogen and oxygen atoms in total. The van der Waals surface area contributed by atoms with Crippen LogP contribution in [-0.2, 0) is 17.8 Å². The first kappa shape index (κ1) is 25.9. The Balaban J connectivity index is 2.06. The third kappa shape index (κ3) is 5.19. The summed E-state index contributed by atoms with van der Waals surface area (Å²) < 4.78 is 20.2. The van der Waals surface area contributed by atoms with Gasteiger partial charge >= 0.3 is 5.97 Å². The summed E-state index contributed by atoms with van der Waals surface area (Å²) >= 11 is 0. The van der Waals surface area contributed by atoms with E-state index in [-0.39, 0.29) is 24.1 Å². The van der Waals surface area contributed by atoms with Crippen LogP contribution >= 0.6 is 0 Å². The molecule has 0 bridgehead atoms.